The van der Waals surface area contributed by atoms with E-state index in [-0.39, 0.29) is 11.9 Å². The van der Waals surface area contributed by atoms with Crippen molar-refractivity contribution in [3.63, 3.8) is 0 Å². The zero-order chi connectivity index (χ0) is 14.8. The third-order valence-electron chi connectivity index (χ3n) is 3.80. The van der Waals surface area contributed by atoms with Crippen molar-refractivity contribution in [1.82, 2.24) is 9.97 Å². The Hall–Kier alpha value is -2.01. The van der Waals surface area contributed by atoms with E-state index in [1.165, 1.54) is 12.1 Å². The number of halogens is 1. The number of aryl methyl sites for hydroxylation is 1. The van der Waals surface area contributed by atoms with Crippen LogP contribution in [0.25, 0.3) is 11.4 Å². The quantitative estimate of drug-likeness (QED) is 0.922. The summed E-state index contributed by atoms with van der Waals surface area (Å²) in [6.45, 7) is 3.36. The topological polar surface area (TPSA) is 49.2 Å². The first-order chi connectivity index (χ1) is 10.1. The van der Waals surface area contributed by atoms with Gasteiger partial charge in [-0.3, -0.25) is 0 Å². The summed E-state index contributed by atoms with van der Waals surface area (Å²) in [5.74, 6) is 1.00. The highest BCUT2D eigenvalue weighted by atomic mass is 19.1. The highest BCUT2D eigenvalue weighted by molar-refractivity contribution is 5.61. The molecule has 0 amide bonds. The van der Waals surface area contributed by atoms with Gasteiger partial charge in [-0.1, -0.05) is 6.07 Å². The van der Waals surface area contributed by atoms with Crippen molar-refractivity contribution >= 4 is 5.82 Å². The van der Waals surface area contributed by atoms with E-state index in [2.05, 4.69) is 9.97 Å². The fraction of sp³-hybridized carbons (Fsp3) is 0.375. The first-order valence-electron chi connectivity index (χ1n) is 7.16. The number of aliphatic hydroxyl groups excluding tert-OH is 1. The highest BCUT2D eigenvalue weighted by Crippen LogP contribution is 2.24. The molecule has 110 valence electrons. The number of benzene rings is 1. The van der Waals surface area contributed by atoms with Crippen molar-refractivity contribution in [2.45, 2.75) is 25.9 Å². The fourth-order valence-corrected chi connectivity index (χ4v) is 2.65. The monoisotopic (exact) mass is 287 g/mol. The maximum Gasteiger partial charge on any atom is 0.161 e. The van der Waals surface area contributed by atoms with Crippen LogP contribution >= 0.6 is 0 Å². The molecular weight excluding hydrogens is 269 g/mol. The Balaban J connectivity index is 1.94. The summed E-state index contributed by atoms with van der Waals surface area (Å²) < 4.78 is 13.4. The molecule has 0 saturated carbocycles. The van der Waals surface area contributed by atoms with E-state index in [0.717, 1.165) is 30.8 Å². The lowest BCUT2D eigenvalue weighted by Crippen LogP contribution is -2.38. The van der Waals surface area contributed by atoms with Gasteiger partial charge in [0.1, 0.15) is 11.6 Å². The molecule has 0 bridgehead atoms. The molecule has 0 aliphatic carbocycles. The van der Waals surface area contributed by atoms with Gasteiger partial charge in [0.05, 0.1) is 6.10 Å². The molecule has 1 aliphatic heterocycles. The number of piperidine rings is 1. The van der Waals surface area contributed by atoms with Gasteiger partial charge in [0.2, 0.25) is 0 Å². The van der Waals surface area contributed by atoms with Crippen LogP contribution < -0.4 is 4.90 Å². The van der Waals surface area contributed by atoms with Gasteiger partial charge in [-0.05, 0) is 43.5 Å². The van der Waals surface area contributed by atoms with E-state index < -0.39 is 0 Å². The first kappa shape index (κ1) is 13.9. The molecule has 4 nitrogen and oxygen atoms in total. The van der Waals surface area contributed by atoms with E-state index in [1.54, 1.807) is 12.3 Å². The Kier molecular flexibility index (Phi) is 3.84. The van der Waals surface area contributed by atoms with Crippen LogP contribution in [0.1, 0.15) is 18.4 Å². The molecule has 1 N–H and O–H groups in total. The second kappa shape index (κ2) is 5.77. The minimum Gasteiger partial charge on any atom is -0.391 e. The van der Waals surface area contributed by atoms with Crippen LogP contribution in [-0.2, 0) is 0 Å². The number of rotatable bonds is 2. The van der Waals surface area contributed by atoms with Crippen molar-refractivity contribution < 1.29 is 9.50 Å². The average Bonchev–Trinajstić information content (AvgIpc) is 2.50. The summed E-state index contributed by atoms with van der Waals surface area (Å²) in [7, 11) is 0. The molecule has 2 heterocycles. The summed E-state index contributed by atoms with van der Waals surface area (Å²) in [5.41, 5.74) is 1.64. The second-order valence-corrected chi connectivity index (χ2v) is 5.44. The molecule has 1 saturated heterocycles. The SMILES string of the molecule is Cc1ccc(F)cc1-c1nccc(N2CCC[C@H](O)C2)n1. The number of anilines is 1. The van der Waals surface area contributed by atoms with Crippen LogP contribution in [-0.4, -0.2) is 34.3 Å². The summed E-state index contributed by atoms with van der Waals surface area (Å²) in [4.78, 5) is 10.8. The molecule has 3 rings (SSSR count). The summed E-state index contributed by atoms with van der Waals surface area (Å²) in [6, 6.07) is 6.45. The molecule has 5 heteroatoms. The van der Waals surface area contributed by atoms with Crippen LogP contribution in [0.4, 0.5) is 10.2 Å². The van der Waals surface area contributed by atoms with Crippen molar-refractivity contribution in [1.29, 1.82) is 0 Å². The van der Waals surface area contributed by atoms with Crippen molar-refractivity contribution in [2.75, 3.05) is 18.0 Å². The minimum absolute atomic E-state index is 0.294. The molecule has 1 aliphatic rings. The molecule has 21 heavy (non-hydrogen) atoms. The van der Waals surface area contributed by atoms with Crippen LogP contribution in [0.3, 0.4) is 0 Å². The molecule has 1 aromatic carbocycles. The third-order valence-corrected chi connectivity index (χ3v) is 3.80. The summed E-state index contributed by atoms with van der Waals surface area (Å²) in [5, 5.41) is 9.77. The minimum atomic E-state index is -0.312. The average molecular weight is 287 g/mol. The largest absolute Gasteiger partial charge is 0.391 e. The zero-order valence-corrected chi connectivity index (χ0v) is 12.0. The standard InChI is InChI=1S/C16H18FN3O/c1-11-4-5-12(17)9-14(11)16-18-7-6-15(19-16)20-8-2-3-13(21)10-20/h4-7,9,13,21H,2-3,8,10H2,1H3/t13-/m0/s1. The van der Waals surface area contributed by atoms with Gasteiger partial charge in [-0.2, -0.15) is 0 Å². The lowest BCUT2D eigenvalue weighted by atomic mass is 10.1. The van der Waals surface area contributed by atoms with Crippen molar-refractivity contribution in [3.05, 3.63) is 41.8 Å². The normalized spacial score (nSPS) is 18.8. The molecule has 0 unspecified atom stereocenters. The first-order valence-corrected chi connectivity index (χ1v) is 7.16. The van der Waals surface area contributed by atoms with Gasteiger partial charge >= 0.3 is 0 Å². The third kappa shape index (κ3) is 3.03. The second-order valence-electron chi connectivity index (χ2n) is 5.44. The predicted molar refractivity (Wildman–Crippen MR) is 79.6 cm³/mol. The van der Waals surface area contributed by atoms with Crippen LogP contribution in [0.2, 0.25) is 0 Å². The Labute approximate surface area is 123 Å². The molecule has 1 aromatic heterocycles. The van der Waals surface area contributed by atoms with E-state index in [9.17, 15) is 9.50 Å². The maximum atomic E-state index is 13.4. The lowest BCUT2D eigenvalue weighted by Gasteiger charge is -2.31. The number of aliphatic hydroxyl groups is 1. The molecule has 1 fully saturated rings. The smallest absolute Gasteiger partial charge is 0.161 e. The highest BCUT2D eigenvalue weighted by Gasteiger charge is 2.19. The molecule has 0 spiro atoms. The van der Waals surface area contributed by atoms with Gasteiger partial charge in [0.15, 0.2) is 5.82 Å². The Morgan fingerprint density at radius 3 is 3.00 bits per heavy atom. The van der Waals surface area contributed by atoms with Crippen LogP contribution in [0.5, 0.6) is 0 Å². The Bertz CT molecular complexity index is 647. The van der Waals surface area contributed by atoms with Crippen molar-refractivity contribution in [3.8, 4) is 11.4 Å². The van der Waals surface area contributed by atoms with Gasteiger partial charge in [0.25, 0.3) is 0 Å². The lowest BCUT2D eigenvalue weighted by molar-refractivity contribution is 0.154. The van der Waals surface area contributed by atoms with E-state index >= 15 is 0 Å². The van der Waals surface area contributed by atoms with Gasteiger partial charge in [-0.15, -0.1) is 0 Å². The van der Waals surface area contributed by atoms with E-state index in [4.69, 9.17) is 0 Å². The number of hydrogen-bond acceptors (Lipinski definition) is 4. The van der Waals surface area contributed by atoms with Crippen LogP contribution in [0, 0.1) is 12.7 Å². The number of nitrogens with zero attached hydrogens (tertiary/aromatic N) is 3. The number of aromatic nitrogens is 2. The summed E-state index contributed by atoms with van der Waals surface area (Å²) in [6.07, 6.45) is 3.15. The van der Waals surface area contributed by atoms with Gasteiger partial charge in [-0.25, -0.2) is 14.4 Å². The Morgan fingerprint density at radius 1 is 1.33 bits per heavy atom. The molecular formula is C16H18FN3O. The van der Waals surface area contributed by atoms with Crippen LogP contribution in [0.15, 0.2) is 30.5 Å². The fourth-order valence-electron chi connectivity index (χ4n) is 2.65. The maximum absolute atomic E-state index is 13.4. The van der Waals surface area contributed by atoms with Gasteiger partial charge in [0, 0.05) is 24.8 Å². The molecule has 1 atom stereocenters. The van der Waals surface area contributed by atoms with Crippen molar-refractivity contribution in [2.24, 2.45) is 0 Å². The van der Waals surface area contributed by atoms with Gasteiger partial charge < -0.3 is 10.0 Å². The summed E-state index contributed by atoms with van der Waals surface area (Å²) >= 11 is 0. The van der Waals surface area contributed by atoms with E-state index in [1.807, 2.05) is 17.9 Å². The predicted octanol–water partition coefficient (Wildman–Crippen LogP) is 2.55. The zero-order valence-electron chi connectivity index (χ0n) is 12.0. The molecule has 0 radical (unpaired) electrons. The van der Waals surface area contributed by atoms with E-state index in [0.29, 0.717) is 17.9 Å². The molecule has 2 aromatic rings. The number of β-amino-alcohol motifs (C(OH)–C–C–N with tert-alkyl or cyclic N) is 1. The Morgan fingerprint density at radius 2 is 2.19 bits per heavy atom. The number of hydrogen-bond donors (Lipinski definition) is 1.